The predicted molar refractivity (Wildman–Crippen MR) is 85.0 cm³/mol. The zero-order valence-electron chi connectivity index (χ0n) is 13.5. The van der Waals surface area contributed by atoms with Crippen LogP contribution in [0, 0.1) is 11.8 Å². The number of benzene rings is 1. The summed E-state index contributed by atoms with van der Waals surface area (Å²) in [5.74, 6) is 5.45. The number of esters is 1. The van der Waals surface area contributed by atoms with Crippen LogP contribution < -0.4 is 0 Å². The number of aliphatic hydroxyl groups is 1. The Bertz CT molecular complexity index is 511. The fraction of sp³-hybridized carbons (Fsp3) is 0.500. The van der Waals surface area contributed by atoms with Gasteiger partial charge in [-0.3, -0.25) is 4.79 Å². The van der Waals surface area contributed by atoms with Crippen LogP contribution in [0.15, 0.2) is 30.3 Å². The Kier molecular flexibility index (Phi) is 7.65. The number of carbonyl (C=O) groups excluding carboxylic acids is 1. The van der Waals surface area contributed by atoms with Crippen molar-refractivity contribution in [1.29, 1.82) is 0 Å². The monoisotopic (exact) mass is 304 g/mol. The van der Waals surface area contributed by atoms with Crippen LogP contribution in [0.25, 0.3) is 0 Å². The van der Waals surface area contributed by atoms with E-state index in [1.807, 2.05) is 44.2 Å². The molecule has 0 fully saturated rings. The van der Waals surface area contributed by atoms with Gasteiger partial charge in [-0.1, -0.05) is 42.2 Å². The van der Waals surface area contributed by atoms with Crippen molar-refractivity contribution in [3.05, 3.63) is 35.9 Å². The van der Waals surface area contributed by atoms with Gasteiger partial charge in [0.05, 0.1) is 13.7 Å². The SMILES string of the molecule is COC(=O)CCC[C@@H](O)C#CC(C)(C)OCc1ccccc1. The third kappa shape index (κ3) is 7.82. The molecule has 1 aromatic rings. The van der Waals surface area contributed by atoms with Crippen molar-refractivity contribution in [1.82, 2.24) is 0 Å². The third-order valence-electron chi connectivity index (χ3n) is 3.07. The molecule has 22 heavy (non-hydrogen) atoms. The Labute approximate surface area is 132 Å². The van der Waals surface area contributed by atoms with E-state index in [1.165, 1.54) is 7.11 Å². The lowest BCUT2D eigenvalue weighted by molar-refractivity contribution is -0.140. The Morgan fingerprint density at radius 3 is 2.64 bits per heavy atom. The van der Waals surface area contributed by atoms with Crippen molar-refractivity contribution in [2.45, 2.75) is 51.4 Å². The Hall–Kier alpha value is -1.83. The minimum atomic E-state index is -0.760. The molecule has 1 aromatic carbocycles. The molecule has 0 bridgehead atoms. The second-order valence-electron chi connectivity index (χ2n) is 5.54. The average molecular weight is 304 g/mol. The Morgan fingerprint density at radius 2 is 2.00 bits per heavy atom. The fourth-order valence-electron chi connectivity index (χ4n) is 1.75. The maximum atomic E-state index is 11.0. The lowest BCUT2D eigenvalue weighted by Gasteiger charge is -2.19. The second kappa shape index (κ2) is 9.24. The summed E-state index contributed by atoms with van der Waals surface area (Å²) in [6.45, 7) is 4.20. The largest absolute Gasteiger partial charge is 0.469 e. The molecule has 0 aliphatic rings. The average Bonchev–Trinajstić information content (AvgIpc) is 2.52. The highest BCUT2D eigenvalue weighted by atomic mass is 16.5. The van der Waals surface area contributed by atoms with Crippen LogP contribution in [0.1, 0.15) is 38.7 Å². The van der Waals surface area contributed by atoms with E-state index >= 15 is 0 Å². The van der Waals surface area contributed by atoms with Crippen LogP contribution >= 0.6 is 0 Å². The summed E-state index contributed by atoms with van der Waals surface area (Å²) < 4.78 is 10.3. The highest BCUT2D eigenvalue weighted by Crippen LogP contribution is 2.12. The molecule has 0 heterocycles. The van der Waals surface area contributed by atoms with Gasteiger partial charge in [-0.15, -0.1) is 0 Å². The van der Waals surface area contributed by atoms with Gasteiger partial charge in [-0.25, -0.2) is 0 Å². The normalized spacial score (nSPS) is 12.2. The lowest BCUT2D eigenvalue weighted by Crippen LogP contribution is -2.22. The lowest BCUT2D eigenvalue weighted by atomic mass is 10.1. The first kappa shape index (κ1) is 18.2. The topological polar surface area (TPSA) is 55.8 Å². The molecule has 1 atom stereocenters. The van der Waals surface area contributed by atoms with E-state index in [1.54, 1.807) is 0 Å². The number of carbonyl (C=O) groups is 1. The first-order valence-corrected chi connectivity index (χ1v) is 7.38. The number of aliphatic hydroxyl groups excluding tert-OH is 1. The molecule has 120 valence electrons. The molecule has 0 amide bonds. The summed E-state index contributed by atoms with van der Waals surface area (Å²) in [7, 11) is 1.35. The molecular formula is C18H24O4. The van der Waals surface area contributed by atoms with Gasteiger partial charge < -0.3 is 14.6 Å². The van der Waals surface area contributed by atoms with Crippen molar-refractivity contribution < 1.29 is 19.4 Å². The molecule has 0 saturated heterocycles. The van der Waals surface area contributed by atoms with Crippen LogP contribution in [0.2, 0.25) is 0 Å². The van der Waals surface area contributed by atoms with E-state index in [4.69, 9.17) is 4.74 Å². The molecule has 0 aliphatic carbocycles. The molecular weight excluding hydrogens is 280 g/mol. The molecule has 1 rings (SSSR count). The van der Waals surface area contributed by atoms with Crippen molar-refractivity contribution >= 4 is 5.97 Å². The highest BCUT2D eigenvalue weighted by molar-refractivity contribution is 5.68. The minimum Gasteiger partial charge on any atom is -0.469 e. The van der Waals surface area contributed by atoms with Gasteiger partial charge in [-0.05, 0) is 32.3 Å². The summed E-state index contributed by atoms with van der Waals surface area (Å²) in [6, 6.07) is 9.86. The first-order chi connectivity index (χ1) is 10.4. The van der Waals surface area contributed by atoms with Gasteiger partial charge in [0.1, 0.15) is 11.7 Å². The quantitative estimate of drug-likeness (QED) is 0.621. The van der Waals surface area contributed by atoms with Gasteiger partial charge in [0, 0.05) is 6.42 Å². The number of hydrogen-bond acceptors (Lipinski definition) is 4. The summed E-state index contributed by atoms with van der Waals surface area (Å²) in [5, 5.41) is 9.80. The summed E-state index contributed by atoms with van der Waals surface area (Å²) in [6.07, 6.45) is 0.526. The van der Waals surface area contributed by atoms with Crippen LogP contribution in [0.3, 0.4) is 0 Å². The number of rotatable bonds is 7. The molecule has 0 unspecified atom stereocenters. The molecule has 0 spiro atoms. The molecule has 0 aliphatic heterocycles. The standard InChI is InChI=1S/C18H24O4/c1-18(2,22-14-15-8-5-4-6-9-15)13-12-16(19)10-7-11-17(20)21-3/h4-6,8-9,16,19H,7,10-11,14H2,1-3H3/t16-/m1/s1. The molecule has 0 aromatic heterocycles. The van der Waals surface area contributed by atoms with E-state index in [-0.39, 0.29) is 5.97 Å². The predicted octanol–water partition coefficient (Wildman–Crippen LogP) is 2.69. The highest BCUT2D eigenvalue weighted by Gasteiger charge is 2.15. The van der Waals surface area contributed by atoms with Gasteiger partial charge in [0.2, 0.25) is 0 Å². The minimum absolute atomic E-state index is 0.272. The zero-order valence-corrected chi connectivity index (χ0v) is 13.5. The van der Waals surface area contributed by atoms with Gasteiger partial charge in [-0.2, -0.15) is 0 Å². The maximum Gasteiger partial charge on any atom is 0.305 e. The van der Waals surface area contributed by atoms with E-state index in [2.05, 4.69) is 16.6 Å². The van der Waals surface area contributed by atoms with E-state index in [9.17, 15) is 9.90 Å². The fourth-order valence-corrected chi connectivity index (χ4v) is 1.75. The van der Waals surface area contributed by atoms with Gasteiger partial charge >= 0.3 is 5.97 Å². The van der Waals surface area contributed by atoms with Crippen molar-refractivity contribution in [3.63, 3.8) is 0 Å². The van der Waals surface area contributed by atoms with Crippen molar-refractivity contribution in [2.24, 2.45) is 0 Å². The first-order valence-electron chi connectivity index (χ1n) is 7.38. The van der Waals surface area contributed by atoms with E-state index in [0.29, 0.717) is 25.9 Å². The Balaban J connectivity index is 2.38. The zero-order chi connectivity index (χ0) is 16.4. The van der Waals surface area contributed by atoms with Crippen LogP contribution in [0.5, 0.6) is 0 Å². The van der Waals surface area contributed by atoms with Gasteiger partial charge in [0.15, 0.2) is 0 Å². The molecule has 4 heteroatoms. The Morgan fingerprint density at radius 1 is 1.32 bits per heavy atom. The van der Waals surface area contributed by atoms with E-state index < -0.39 is 11.7 Å². The summed E-state index contributed by atoms with van der Waals surface area (Å²) in [5.41, 5.74) is 0.440. The molecule has 4 nitrogen and oxygen atoms in total. The van der Waals surface area contributed by atoms with Crippen molar-refractivity contribution in [2.75, 3.05) is 7.11 Å². The number of methoxy groups -OCH3 is 1. The van der Waals surface area contributed by atoms with Crippen LogP contribution in [-0.4, -0.2) is 29.9 Å². The van der Waals surface area contributed by atoms with Crippen molar-refractivity contribution in [3.8, 4) is 11.8 Å². The van der Waals surface area contributed by atoms with E-state index in [0.717, 1.165) is 5.56 Å². The third-order valence-corrected chi connectivity index (χ3v) is 3.07. The number of hydrogen-bond donors (Lipinski definition) is 1. The summed E-state index contributed by atoms with van der Waals surface area (Å²) >= 11 is 0. The summed E-state index contributed by atoms with van der Waals surface area (Å²) in [4.78, 5) is 11.0. The van der Waals surface area contributed by atoms with Crippen LogP contribution in [-0.2, 0) is 20.9 Å². The second-order valence-corrected chi connectivity index (χ2v) is 5.54. The maximum absolute atomic E-state index is 11.0. The molecule has 0 saturated carbocycles. The molecule has 0 radical (unpaired) electrons. The number of ether oxygens (including phenoxy) is 2. The smallest absolute Gasteiger partial charge is 0.305 e. The van der Waals surface area contributed by atoms with Gasteiger partial charge in [0.25, 0.3) is 0 Å². The molecule has 1 N–H and O–H groups in total. The van der Waals surface area contributed by atoms with Crippen LogP contribution in [0.4, 0.5) is 0 Å².